The molecule has 0 bridgehead atoms. The Kier molecular flexibility index (Phi) is 4.52. The summed E-state index contributed by atoms with van der Waals surface area (Å²) in [5, 5.41) is 4.60. The van der Waals surface area contributed by atoms with E-state index in [2.05, 4.69) is 26.0 Å². The van der Waals surface area contributed by atoms with Gasteiger partial charge in [-0.15, -0.1) is 11.3 Å². The van der Waals surface area contributed by atoms with Crippen molar-refractivity contribution in [3.63, 3.8) is 0 Å². The van der Waals surface area contributed by atoms with Crippen LogP contribution in [0.3, 0.4) is 0 Å². The molecule has 0 amide bonds. The number of rotatable bonds is 5. The Morgan fingerprint density at radius 2 is 2.21 bits per heavy atom. The molecule has 0 aliphatic carbocycles. The van der Waals surface area contributed by atoms with Crippen molar-refractivity contribution in [1.82, 2.24) is 10.0 Å². The molecule has 0 aromatic carbocycles. The van der Waals surface area contributed by atoms with Gasteiger partial charge in [-0.1, -0.05) is 0 Å². The monoisotopic (exact) mass is 298 g/mol. The molecule has 0 atom stereocenters. The molecule has 0 fully saturated rings. The van der Waals surface area contributed by atoms with Crippen LogP contribution in [0.4, 0.5) is 0 Å². The Balaban J connectivity index is 2.72. The summed E-state index contributed by atoms with van der Waals surface area (Å²) >= 11 is 4.38. The second kappa shape index (κ2) is 5.22. The van der Waals surface area contributed by atoms with Crippen LogP contribution >= 0.6 is 27.3 Å². The fourth-order valence-electron chi connectivity index (χ4n) is 0.848. The van der Waals surface area contributed by atoms with E-state index >= 15 is 0 Å². The van der Waals surface area contributed by atoms with E-state index in [0.717, 1.165) is 0 Å². The second-order valence-electron chi connectivity index (χ2n) is 2.56. The first-order valence-electron chi connectivity index (χ1n) is 3.95. The number of nitrogens with one attached hydrogen (secondary N) is 2. The van der Waals surface area contributed by atoms with E-state index < -0.39 is 10.0 Å². The van der Waals surface area contributed by atoms with Crippen LogP contribution in [0, 0.1) is 0 Å². The van der Waals surface area contributed by atoms with Gasteiger partial charge >= 0.3 is 0 Å². The molecule has 7 heteroatoms. The zero-order valence-electron chi connectivity index (χ0n) is 7.58. The third-order valence-corrected chi connectivity index (χ3v) is 5.63. The van der Waals surface area contributed by atoms with Crippen molar-refractivity contribution in [3.8, 4) is 0 Å². The lowest BCUT2D eigenvalue weighted by Gasteiger charge is -2.04. The minimum Gasteiger partial charge on any atom is -0.318 e. The van der Waals surface area contributed by atoms with Gasteiger partial charge in [-0.3, -0.25) is 0 Å². The van der Waals surface area contributed by atoms with E-state index in [-0.39, 0.29) is 0 Å². The van der Waals surface area contributed by atoms with Crippen LogP contribution in [0.15, 0.2) is 20.1 Å². The standard InChI is InChI=1S/C7H11BrN2O2S2/c1-9-3-4-10-14(11,12)7-6(8)2-5-13-7/h2,5,9-10H,3-4H2,1H3. The maximum atomic E-state index is 11.6. The minimum absolute atomic E-state index is 0.327. The summed E-state index contributed by atoms with van der Waals surface area (Å²) in [7, 11) is -1.57. The molecule has 14 heavy (non-hydrogen) atoms. The van der Waals surface area contributed by atoms with Crippen molar-refractivity contribution < 1.29 is 8.42 Å². The smallest absolute Gasteiger partial charge is 0.251 e. The second-order valence-corrected chi connectivity index (χ2v) is 6.29. The third kappa shape index (κ3) is 3.03. The first kappa shape index (κ1) is 12.1. The van der Waals surface area contributed by atoms with Gasteiger partial charge in [0, 0.05) is 17.6 Å². The molecule has 1 rings (SSSR count). The Labute approximate surface area is 95.9 Å². The third-order valence-electron chi connectivity index (χ3n) is 1.50. The highest BCUT2D eigenvalue weighted by molar-refractivity contribution is 9.10. The van der Waals surface area contributed by atoms with Crippen molar-refractivity contribution in [1.29, 1.82) is 0 Å². The van der Waals surface area contributed by atoms with E-state index in [1.165, 1.54) is 11.3 Å². The highest BCUT2D eigenvalue weighted by atomic mass is 79.9. The Hall–Kier alpha value is 0.0500. The zero-order valence-corrected chi connectivity index (χ0v) is 10.8. The molecule has 0 aliphatic heterocycles. The number of likely N-dealkylation sites (N-methyl/N-ethyl adjacent to an activating group) is 1. The summed E-state index contributed by atoms with van der Waals surface area (Å²) in [6.07, 6.45) is 0. The molecule has 0 unspecified atom stereocenters. The molecule has 0 spiro atoms. The number of hydrogen-bond acceptors (Lipinski definition) is 4. The van der Waals surface area contributed by atoms with Gasteiger partial charge in [-0.2, -0.15) is 0 Å². The molecule has 0 saturated carbocycles. The Morgan fingerprint density at radius 1 is 1.50 bits per heavy atom. The molecule has 0 saturated heterocycles. The fourth-order valence-corrected chi connectivity index (χ4v) is 4.26. The predicted molar refractivity (Wildman–Crippen MR) is 61.1 cm³/mol. The number of hydrogen-bond donors (Lipinski definition) is 2. The topological polar surface area (TPSA) is 58.2 Å². The lowest BCUT2D eigenvalue weighted by molar-refractivity contribution is 0.581. The van der Waals surface area contributed by atoms with Gasteiger partial charge in [0.1, 0.15) is 4.21 Å². The lowest BCUT2D eigenvalue weighted by atomic mass is 10.7. The summed E-state index contributed by atoms with van der Waals surface area (Å²) < 4.78 is 26.7. The summed E-state index contributed by atoms with van der Waals surface area (Å²) in [5.74, 6) is 0. The van der Waals surface area contributed by atoms with Crippen molar-refractivity contribution in [2.24, 2.45) is 0 Å². The molecular weight excluding hydrogens is 288 g/mol. The van der Waals surface area contributed by atoms with Crippen LogP contribution in [0.1, 0.15) is 0 Å². The molecule has 2 N–H and O–H groups in total. The quantitative estimate of drug-likeness (QED) is 0.798. The Bertz CT molecular complexity index is 388. The first-order valence-corrected chi connectivity index (χ1v) is 7.11. The largest absolute Gasteiger partial charge is 0.318 e. The SMILES string of the molecule is CNCCNS(=O)(=O)c1sccc1Br. The summed E-state index contributed by atoms with van der Waals surface area (Å²) in [5.41, 5.74) is 0. The molecule has 80 valence electrons. The molecule has 0 radical (unpaired) electrons. The summed E-state index contributed by atoms with van der Waals surface area (Å²) in [4.78, 5) is 0. The van der Waals surface area contributed by atoms with Crippen LogP contribution in [0.25, 0.3) is 0 Å². The van der Waals surface area contributed by atoms with Gasteiger partial charge in [0.05, 0.1) is 0 Å². The van der Waals surface area contributed by atoms with Crippen LogP contribution in [-0.4, -0.2) is 28.6 Å². The van der Waals surface area contributed by atoms with Gasteiger partial charge in [0.2, 0.25) is 0 Å². The van der Waals surface area contributed by atoms with E-state index in [0.29, 0.717) is 21.8 Å². The molecular formula is C7H11BrN2O2S2. The average molecular weight is 299 g/mol. The van der Waals surface area contributed by atoms with E-state index in [9.17, 15) is 8.42 Å². The van der Waals surface area contributed by atoms with Gasteiger partial charge in [0.15, 0.2) is 0 Å². The van der Waals surface area contributed by atoms with Gasteiger partial charge in [0.25, 0.3) is 10.0 Å². The van der Waals surface area contributed by atoms with Crippen LogP contribution in [0.5, 0.6) is 0 Å². The molecule has 1 heterocycles. The molecule has 0 aliphatic rings. The van der Waals surface area contributed by atoms with Crippen molar-refractivity contribution >= 4 is 37.3 Å². The maximum Gasteiger partial charge on any atom is 0.251 e. The van der Waals surface area contributed by atoms with E-state index in [4.69, 9.17) is 0 Å². The number of thiophene rings is 1. The van der Waals surface area contributed by atoms with Crippen molar-refractivity contribution in [2.75, 3.05) is 20.1 Å². The van der Waals surface area contributed by atoms with Crippen molar-refractivity contribution in [2.45, 2.75) is 4.21 Å². The molecule has 1 aromatic rings. The Morgan fingerprint density at radius 3 is 2.71 bits per heavy atom. The van der Waals surface area contributed by atoms with E-state index in [1.807, 2.05) is 0 Å². The highest BCUT2D eigenvalue weighted by Gasteiger charge is 2.17. The number of sulfonamides is 1. The lowest BCUT2D eigenvalue weighted by Crippen LogP contribution is -2.30. The van der Waals surface area contributed by atoms with Crippen LogP contribution < -0.4 is 10.0 Å². The first-order chi connectivity index (χ1) is 6.58. The number of halogens is 1. The van der Waals surface area contributed by atoms with Gasteiger partial charge < -0.3 is 5.32 Å². The van der Waals surface area contributed by atoms with Gasteiger partial charge in [-0.25, -0.2) is 13.1 Å². The van der Waals surface area contributed by atoms with Crippen LogP contribution in [-0.2, 0) is 10.0 Å². The highest BCUT2D eigenvalue weighted by Crippen LogP contribution is 2.26. The zero-order chi connectivity index (χ0) is 10.6. The minimum atomic E-state index is -3.34. The maximum absolute atomic E-state index is 11.6. The summed E-state index contributed by atoms with van der Waals surface area (Å²) in [6, 6.07) is 1.72. The molecule has 1 aromatic heterocycles. The molecule has 4 nitrogen and oxygen atoms in total. The average Bonchev–Trinajstić information content (AvgIpc) is 2.52. The van der Waals surface area contributed by atoms with Crippen molar-refractivity contribution in [3.05, 3.63) is 15.9 Å². The fraction of sp³-hybridized carbons (Fsp3) is 0.429. The van der Waals surface area contributed by atoms with E-state index in [1.54, 1.807) is 18.5 Å². The summed E-state index contributed by atoms with van der Waals surface area (Å²) in [6.45, 7) is 1.01. The predicted octanol–water partition coefficient (Wildman–Crippen LogP) is 1.01. The normalized spacial score (nSPS) is 11.9. The van der Waals surface area contributed by atoms with Crippen LogP contribution in [0.2, 0.25) is 0 Å². The van der Waals surface area contributed by atoms with Gasteiger partial charge in [-0.05, 0) is 34.4 Å².